The molecule has 1 N–H and O–H groups in total. The van der Waals surface area contributed by atoms with Gasteiger partial charge in [0.1, 0.15) is 24.0 Å². The molecule has 0 fully saturated rings. The van der Waals surface area contributed by atoms with Crippen LogP contribution in [0.1, 0.15) is 48.6 Å². The summed E-state index contributed by atoms with van der Waals surface area (Å²) in [5.74, 6) is -1.03. The number of Topliss-reactive ketones (excluding diaryl/α,β-unsaturated/α-hetero) is 1. The van der Waals surface area contributed by atoms with E-state index >= 15 is 0 Å². The van der Waals surface area contributed by atoms with Gasteiger partial charge in [-0.25, -0.2) is 9.78 Å². The Balaban J connectivity index is 1.75. The standard InChI is InChI=1S/C31H34N2O6S/c1-5-38-31(36)22(3)15-21(2)16-25-20-40-30(32-25)27(33-29(35)28(34)19-37-4)17-23-11-13-26(14-12-23)39-18-24-9-7-6-8-10-24/h6-16,20,27H,5,17-19H2,1-4H3,(H,33,35)/b21-16+,22-15-. The zero-order chi connectivity index (χ0) is 28.9. The third-order valence-corrected chi connectivity index (χ3v) is 6.68. The number of hydrogen-bond acceptors (Lipinski definition) is 8. The predicted molar refractivity (Wildman–Crippen MR) is 155 cm³/mol. The number of esters is 1. The van der Waals surface area contributed by atoms with E-state index in [1.54, 1.807) is 19.9 Å². The Morgan fingerprint density at radius 2 is 1.75 bits per heavy atom. The Kier molecular flexibility index (Phi) is 11.8. The molecule has 3 rings (SSSR count). The third kappa shape index (κ3) is 9.59. The van der Waals surface area contributed by atoms with Gasteiger partial charge in [-0.3, -0.25) is 9.59 Å². The first-order chi connectivity index (χ1) is 19.3. The number of methoxy groups -OCH3 is 1. The first-order valence-electron chi connectivity index (χ1n) is 12.9. The Morgan fingerprint density at radius 1 is 1.02 bits per heavy atom. The number of ketones is 1. The van der Waals surface area contributed by atoms with Crippen LogP contribution < -0.4 is 10.1 Å². The molecule has 1 aromatic heterocycles. The van der Waals surface area contributed by atoms with Crippen LogP contribution in [0, 0.1) is 0 Å². The average molecular weight is 563 g/mol. The maximum Gasteiger partial charge on any atom is 0.333 e. The molecular formula is C31H34N2O6S. The molecule has 1 atom stereocenters. The van der Waals surface area contributed by atoms with Gasteiger partial charge in [-0.1, -0.05) is 42.5 Å². The van der Waals surface area contributed by atoms with Crippen molar-refractivity contribution in [2.75, 3.05) is 20.3 Å². The highest BCUT2D eigenvalue weighted by molar-refractivity contribution is 7.09. The monoisotopic (exact) mass is 562 g/mol. The molecular weight excluding hydrogens is 528 g/mol. The number of carbonyl (C=O) groups excluding carboxylic acids is 3. The average Bonchev–Trinajstić information content (AvgIpc) is 3.41. The van der Waals surface area contributed by atoms with Crippen molar-refractivity contribution >= 4 is 35.1 Å². The number of allylic oxidation sites excluding steroid dienone is 2. The predicted octanol–water partition coefficient (Wildman–Crippen LogP) is 5.25. The van der Waals surface area contributed by atoms with Gasteiger partial charge in [0.05, 0.1) is 18.3 Å². The van der Waals surface area contributed by atoms with E-state index in [9.17, 15) is 14.4 Å². The first-order valence-corrected chi connectivity index (χ1v) is 13.7. The van der Waals surface area contributed by atoms with Gasteiger partial charge >= 0.3 is 5.97 Å². The number of nitrogens with one attached hydrogen (secondary N) is 1. The highest BCUT2D eigenvalue weighted by Crippen LogP contribution is 2.25. The van der Waals surface area contributed by atoms with Crippen LogP contribution in [-0.2, 0) is 36.9 Å². The van der Waals surface area contributed by atoms with E-state index in [4.69, 9.17) is 14.2 Å². The molecule has 0 aliphatic heterocycles. The minimum absolute atomic E-state index is 0.302. The zero-order valence-electron chi connectivity index (χ0n) is 23.1. The summed E-state index contributed by atoms with van der Waals surface area (Å²) in [5, 5.41) is 5.32. The molecule has 8 nitrogen and oxygen atoms in total. The van der Waals surface area contributed by atoms with Gasteiger partial charge in [0.25, 0.3) is 5.91 Å². The molecule has 210 valence electrons. The van der Waals surface area contributed by atoms with E-state index < -0.39 is 17.7 Å². The van der Waals surface area contributed by atoms with E-state index in [0.29, 0.717) is 35.9 Å². The van der Waals surface area contributed by atoms with Crippen LogP contribution in [0.25, 0.3) is 6.08 Å². The Hall–Kier alpha value is -4.08. The molecule has 9 heteroatoms. The zero-order valence-corrected chi connectivity index (χ0v) is 24.0. The van der Waals surface area contributed by atoms with Crippen LogP contribution in [-0.4, -0.2) is 43.0 Å². The minimum Gasteiger partial charge on any atom is -0.489 e. The van der Waals surface area contributed by atoms with Gasteiger partial charge in [0, 0.05) is 18.1 Å². The highest BCUT2D eigenvalue weighted by atomic mass is 32.1. The first kappa shape index (κ1) is 30.5. The molecule has 0 bridgehead atoms. The van der Waals surface area contributed by atoms with Crippen LogP contribution in [0.4, 0.5) is 0 Å². The quantitative estimate of drug-likeness (QED) is 0.124. The molecule has 2 aromatic carbocycles. The Labute approximate surface area is 238 Å². The van der Waals surface area contributed by atoms with Gasteiger partial charge < -0.3 is 19.5 Å². The smallest absolute Gasteiger partial charge is 0.333 e. The normalized spacial score (nSPS) is 12.5. The van der Waals surface area contributed by atoms with Crippen molar-refractivity contribution in [2.24, 2.45) is 0 Å². The summed E-state index contributed by atoms with van der Waals surface area (Å²) in [6, 6.07) is 17.0. The molecule has 1 amide bonds. The largest absolute Gasteiger partial charge is 0.489 e. The van der Waals surface area contributed by atoms with Crippen molar-refractivity contribution in [2.45, 2.75) is 39.8 Å². The SMILES string of the molecule is CCOC(=O)/C(C)=C\C(C)=C\c1csc(C(Cc2ccc(OCc3ccccc3)cc2)NC(=O)C(=O)COC)n1. The fourth-order valence-electron chi connectivity index (χ4n) is 3.78. The number of benzene rings is 2. The third-order valence-electron chi connectivity index (χ3n) is 5.70. The molecule has 40 heavy (non-hydrogen) atoms. The van der Waals surface area contributed by atoms with Gasteiger partial charge in [-0.05, 0) is 68.2 Å². The fourth-order valence-corrected chi connectivity index (χ4v) is 4.61. The van der Waals surface area contributed by atoms with Crippen molar-refractivity contribution < 1.29 is 28.6 Å². The molecule has 0 aliphatic carbocycles. The number of carbonyl (C=O) groups is 3. The molecule has 3 aromatic rings. The summed E-state index contributed by atoms with van der Waals surface area (Å²) in [7, 11) is 1.37. The number of nitrogens with zero attached hydrogens (tertiary/aromatic N) is 1. The van der Waals surface area contributed by atoms with Crippen molar-refractivity contribution in [1.82, 2.24) is 10.3 Å². The number of rotatable bonds is 14. The number of amides is 1. The van der Waals surface area contributed by atoms with E-state index in [-0.39, 0.29) is 12.6 Å². The second kappa shape index (κ2) is 15.5. The lowest BCUT2D eigenvalue weighted by Gasteiger charge is -2.17. The number of aromatic nitrogens is 1. The molecule has 1 unspecified atom stereocenters. The van der Waals surface area contributed by atoms with Gasteiger partial charge in [-0.15, -0.1) is 11.3 Å². The van der Waals surface area contributed by atoms with E-state index in [0.717, 1.165) is 22.4 Å². The van der Waals surface area contributed by atoms with Crippen molar-refractivity contribution in [3.63, 3.8) is 0 Å². The summed E-state index contributed by atoms with van der Waals surface area (Å²) in [6.07, 6.45) is 4.00. The van der Waals surface area contributed by atoms with E-state index in [1.807, 2.05) is 73.0 Å². The molecule has 0 saturated heterocycles. The molecule has 0 saturated carbocycles. The molecule has 0 spiro atoms. The van der Waals surface area contributed by atoms with Gasteiger partial charge in [0.15, 0.2) is 0 Å². The summed E-state index contributed by atoms with van der Waals surface area (Å²) < 4.78 is 15.7. The summed E-state index contributed by atoms with van der Waals surface area (Å²) in [6.45, 7) is 5.80. The molecule has 1 heterocycles. The lowest BCUT2D eigenvalue weighted by molar-refractivity contribution is -0.140. The summed E-state index contributed by atoms with van der Waals surface area (Å²) in [4.78, 5) is 41.3. The van der Waals surface area contributed by atoms with Crippen molar-refractivity contribution in [3.8, 4) is 5.75 Å². The van der Waals surface area contributed by atoms with Crippen molar-refractivity contribution in [3.05, 3.63) is 99.0 Å². The van der Waals surface area contributed by atoms with Crippen LogP contribution in [0.3, 0.4) is 0 Å². The fraction of sp³-hybridized carbons (Fsp3) is 0.290. The number of ether oxygens (including phenoxy) is 3. The van der Waals surface area contributed by atoms with Crippen LogP contribution in [0.15, 0.2) is 77.2 Å². The highest BCUT2D eigenvalue weighted by Gasteiger charge is 2.22. The van der Waals surface area contributed by atoms with E-state index in [1.165, 1.54) is 18.4 Å². The number of hydrogen-bond donors (Lipinski definition) is 1. The summed E-state index contributed by atoms with van der Waals surface area (Å²) in [5.41, 5.74) is 4.00. The lowest BCUT2D eigenvalue weighted by atomic mass is 10.1. The Bertz CT molecular complexity index is 1350. The van der Waals surface area contributed by atoms with Crippen LogP contribution in [0.5, 0.6) is 5.75 Å². The summed E-state index contributed by atoms with van der Waals surface area (Å²) >= 11 is 1.38. The number of thiazole rings is 1. The maximum absolute atomic E-state index is 12.6. The van der Waals surface area contributed by atoms with E-state index in [2.05, 4.69) is 10.3 Å². The molecule has 0 aliphatic rings. The topological polar surface area (TPSA) is 104 Å². The van der Waals surface area contributed by atoms with Crippen LogP contribution >= 0.6 is 11.3 Å². The van der Waals surface area contributed by atoms with Crippen LogP contribution in [0.2, 0.25) is 0 Å². The van der Waals surface area contributed by atoms with Gasteiger partial charge in [0.2, 0.25) is 5.78 Å². The second-order valence-electron chi connectivity index (χ2n) is 9.05. The maximum atomic E-state index is 12.6. The van der Waals surface area contributed by atoms with Crippen molar-refractivity contribution in [1.29, 1.82) is 0 Å². The Morgan fingerprint density at radius 3 is 2.42 bits per heavy atom. The minimum atomic E-state index is -0.730. The van der Waals surface area contributed by atoms with Gasteiger partial charge in [-0.2, -0.15) is 0 Å². The second-order valence-corrected chi connectivity index (χ2v) is 9.94. The lowest BCUT2D eigenvalue weighted by Crippen LogP contribution is -2.37. The molecule has 0 radical (unpaired) electrons.